The Kier molecular flexibility index (Phi) is 7.27. The summed E-state index contributed by atoms with van der Waals surface area (Å²) in [6.07, 6.45) is 1.62. The van der Waals surface area contributed by atoms with Crippen molar-refractivity contribution in [3.05, 3.63) is 65.7 Å². The highest BCUT2D eigenvalue weighted by Gasteiger charge is 2.22. The van der Waals surface area contributed by atoms with E-state index in [1.165, 1.54) is 43.8 Å². The summed E-state index contributed by atoms with van der Waals surface area (Å²) in [4.78, 5) is 23.4. The Labute approximate surface area is 160 Å². The molecule has 6 nitrogen and oxygen atoms in total. The minimum absolute atomic E-state index is 0.0480. The van der Waals surface area contributed by atoms with Crippen molar-refractivity contribution in [2.75, 3.05) is 20.1 Å². The molecule has 7 heteroatoms. The summed E-state index contributed by atoms with van der Waals surface area (Å²) < 4.78 is 26.1. The number of benzene rings is 2. The lowest BCUT2D eigenvalue weighted by atomic mass is 10.1. The largest absolute Gasteiger partial charge is 0.355 e. The number of sulfonamides is 1. The van der Waals surface area contributed by atoms with Gasteiger partial charge in [0, 0.05) is 19.2 Å². The van der Waals surface area contributed by atoms with Gasteiger partial charge in [0.05, 0.1) is 11.4 Å². The third kappa shape index (κ3) is 6.01. The minimum atomic E-state index is -3.79. The number of likely N-dealkylation sites (N-methyl/N-ethyl adjacent to an activating group) is 1. The summed E-state index contributed by atoms with van der Waals surface area (Å²) >= 11 is 0. The molecule has 0 saturated heterocycles. The second-order valence-electron chi connectivity index (χ2n) is 6.28. The fraction of sp³-hybridized carbons (Fsp3) is 0.300. The number of Topliss-reactive ketones (excluding diaryl/α,β-unsaturated/α-hetero) is 1. The van der Waals surface area contributed by atoms with Gasteiger partial charge < -0.3 is 5.32 Å². The number of aryl methyl sites for hydroxylation is 1. The van der Waals surface area contributed by atoms with Crippen LogP contribution in [0.15, 0.2) is 59.5 Å². The molecule has 2 aromatic rings. The van der Waals surface area contributed by atoms with E-state index in [2.05, 4.69) is 5.32 Å². The molecule has 0 aliphatic heterocycles. The smallest absolute Gasteiger partial charge is 0.243 e. The zero-order valence-electron chi connectivity index (χ0n) is 15.5. The van der Waals surface area contributed by atoms with E-state index in [4.69, 9.17) is 0 Å². The maximum Gasteiger partial charge on any atom is 0.243 e. The van der Waals surface area contributed by atoms with Gasteiger partial charge in [0.25, 0.3) is 0 Å². The molecule has 1 N–H and O–H groups in total. The molecule has 0 saturated carbocycles. The van der Waals surface area contributed by atoms with Crippen molar-refractivity contribution in [3.8, 4) is 0 Å². The van der Waals surface area contributed by atoms with Gasteiger partial charge >= 0.3 is 0 Å². The summed E-state index contributed by atoms with van der Waals surface area (Å²) in [5, 5.41) is 2.74. The van der Waals surface area contributed by atoms with Crippen molar-refractivity contribution in [1.82, 2.24) is 9.62 Å². The summed E-state index contributed by atoms with van der Waals surface area (Å²) in [6.45, 7) is 1.63. The second-order valence-corrected chi connectivity index (χ2v) is 8.33. The summed E-state index contributed by atoms with van der Waals surface area (Å²) in [5.74, 6) is -0.489. The van der Waals surface area contributed by atoms with Gasteiger partial charge in [0.2, 0.25) is 15.9 Å². The van der Waals surface area contributed by atoms with Crippen molar-refractivity contribution in [1.29, 1.82) is 0 Å². The molecule has 0 heterocycles. The van der Waals surface area contributed by atoms with Crippen LogP contribution in [-0.2, 0) is 21.2 Å². The highest BCUT2D eigenvalue weighted by Crippen LogP contribution is 2.15. The molecule has 27 heavy (non-hydrogen) atoms. The highest BCUT2D eigenvalue weighted by atomic mass is 32.2. The van der Waals surface area contributed by atoms with Crippen LogP contribution in [0.3, 0.4) is 0 Å². The molecule has 2 aromatic carbocycles. The van der Waals surface area contributed by atoms with Gasteiger partial charge in [-0.05, 0) is 37.5 Å². The zero-order chi connectivity index (χ0) is 19.9. The number of carbonyl (C=O) groups excluding carboxylic acids is 2. The Bertz CT molecular complexity index is 878. The van der Waals surface area contributed by atoms with E-state index < -0.39 is 10.0 Å². The van der Waals surface area contributed by atoms with Gasteiger partial charge in [0.15, 0.2) is 5.78 Å². The lowest BCUT2D eigenvalue weighted by molar-refractivity contribution is -0.121. The fourth-order valence-electron chi connectivity index (χ4n) is 2.55. The van der Waals surface area contributed by atoms with E-state index in [1.54, 1.807) is 0 Å². The van der Waals surface area contributed by atoms with Crippen LogP contribution in [0.5, 0.6) is 0 Å². The maximum absolute atomic E-state index is 12.5. The monoisotopic (exact) mass is 388 g/mol. The molecule has 0 atom stereocenters. The third-order valence-corrected chi connectivity index (χ3v) is 5.96. The van der Waals surface area contributed by atoms with Crippen LogP contribution in [0.4, 0.5) is 0 Å². The predicted molar refractivity (Wildman–Crippen MR) is 104 cm³/mol. The van der Waals surface area contributed by atoms with E-state index in [-0.39, 0.29) is 23.1 Å². The lowest BCUT2D eigenvalue weighted by Gasteiger charge is -2.17. The maximum atomic E-state index is 12.5. The molecule has 1 amide bonds. The third-order valence-electron chi connectivity index (χ3n) is 4.14. The number of rotatable bonds is 9. The van der Waals surface area contributed by atoms with Crippen molar-refractivity contribution >= 4 is 21.7 Å². The van der Waals surface area contributed by atoms with Gasteiger partial charge in [-0.2, -0.15) is 4.31 Å². The van der Waals surface area contributed by atoms with Crippen LogP contribution in [0.2, 0.25) is 0 Å². The van der Waals surface area contributed by atoms with Gasteiger partial charge in [-0.25, -0.2) is 8.42 Å². The van der Waals surface area contributed by atoms with Gasteiger partial charge in [-0.3, -0.25) is 9.59 Å². The normalized spacial score (nSPS) is 11.4. The molecule has 0 aromatic heterocycles. The molecule has 0 radical (unpaired) electrons. The number of ketones is 1. The predicted octanol–water partition coefficient (Wildman–Crippen LogP) is 2.26. The molecule has 0 fully saturated rings. The lowest BCUT2D eigenvalue weighted by Crippen LogP contribution is -2.38. The second kappa shape index (κ2) is 9.43. The Morgan fingerprint density at radius 1 is 1.00 bits per heavy atom. The Morgan fingerprint density at radius 2 is 1.63 bits per heavy atom. The minimum Gasteiger partial charge on any atom is -0.355 e. The Hall–Kier alpha value is -2.51. The number of nitrogens with one attached hydrogen (secondary N) is 1. The molecule has 0 bridgehead atoms. The zero-order valence-corrected chi connectivity index (χ0v) is 16.3. The van der Waals surface area contributed by atoms with Crippen LogP contribution < -0.4 is 5.32 Å². The van der Waals surface area contributed by atoms with Crippen LogP contribution in [0, 0.1) is 0 Å². The van der Waals surface area contributed by atoms with E-state index in [0.29, 0.717) is 12.1 Å². The number of amides is 1. The number of nitrogens with zero attached hydrogens (tertiary/aromatic N) is 1. The van der Waals surface area contributed by atoms with Gasteiger partial charge in [0.1, 0.15) is 0 Å². The average molecular weight is 388 g/mol. The van der Waals surface area contributed by atoms with E-state index >= 15 is 0 Å². The molecular weight excluding hydrogens is 364 g/mol. The number of carbonyl (C=O) groups is 2. The van der Waals surface area contributed by atoms with Crippen LogP contribution >= 0.6 is 0 Å². The van der Waals surface area contributed by atoms with Crippen molar-refractivity contribution in [2.24, 2.45) is 0 Å². The first kappa shape index (κ1) is 20.8. The molecule has 0 unspecified atom stereocenters. The molecule has 0 aliphatic rings. The molecule has 0 spiro atoms. The first-order valence-corrected chi connectivity index (χ1v) is 10.1. The Morgan fingerprint density at radius 3 is 2.22 bits per heavy atom. The summed E-state index contributed by atoms with van der Waals surface area (Å²) in [7, 11) is -2.43. The fourth-order valence-corrected chi connectivity index (χ4v) is 3.68. The first-order valence-electron chi connectivity index (χ1n) is 8.68. The van der Waals surface area contributed by atoms with Crippen LogP contribution in [0.25, 0.3) is 0 Å². The number of hydrogen-bond donors (Lipinski definition) is 1. The van der Waals surface area contributed by atoms with Crippen molar-refractivity contribution < 1.29 is 18.0 Å². The van der Waals surface area contributed by atoms with Crippen LogP contribution in [-0.4, -0.2) is 44.6 Å². The van der Waals surface area contributed by atoms with E-state index in [9.17, 15) is 18.0 Å². The molecular formula is C20H24N2O4S. The standard InChI is InChI=1S/C20H24N2O4S/c1-16(23)18-10-12-19(13-11-18)27(25,26)22(2)15-20(24)21-14-6-9-17-7-4-3-5-8-17/h3-5,7-8,10-13H,6,9,14-15H2,1-2H3,(H,21,24). The summed E-state index contributed by atoms with van der Waals surface area (Å²) in [5.41, 5.74) is 1.63. The average Bonchev–Trinajstić information content (AvgIpc) is 2.66. The van der Waals surface area contributed by atoms with E-state index in [0.717, 1.165) is 17.1 Å². The SMILES string of the molecule is CC(=O)c1ccc(S(=O)(=O)N(C)CC(=O)NCCCc2ccccc2)cc1. The topological polar surface area (TPSA) is 83.6 Å². The molecule has 144 valence electrons. The van der Waals surface area contributed by atoms with Gasteiger partial charge in [-0.1, -0.05) is 42.5 Å². The Balaban J connectivity index is 1.84. The summed E-state index contributed by atoms with van der Waals surface area (Å²) in [6, 6.07) is 15.6. The first-order chi connectivity index (χ1) is 12.8. The molecule has 0 aliphatic carbocycles. The molecule has 2 rings (SSSR count). The van der Waals surface area contributed by atoms with Crippen LogP contribution in [0.1, 0.15) is 29.3 Å². The van der Waals surface area contributed by atoms with Crippen molar-refractivity contribution in [3.63, 3.8) is 0 Å². The quantitative estimate of drug-likeness (QED) is 0.528. The van der Waals surface area contributed by atoms with Gasteiger partial charge in [-0.15, -0.1) is 0 Å². The van der Waals surface area contributed by atoms with Crippen molar-refractivity contribution in [2.45, 2.75) is 24.7 Å². The van der Waals surface area contributed by atoms with E-state index in [1.807, 2.05) is 30.3 Å². The highest BCUT2D eigenvalue weighted by molar-refractivity contribution is 7.89. The number of hydrogen-bond acceptors (Lipinski definition) is 4.